The highest BCUT2D eigenvalue weighted by molar-refractivity contribution is 5.20. The van der Waals surface area contributed by atoms with Crippen molar-refractivity contribution in [3.05, 3.63) is 92.0 Å². The fraction of sp³-hybridized carbons (Fsp3) is 0.500. The number of ether oxygens (including phenoxy) is 1. The van der Waals surface area contributed by atoms with Crippen LogP contribution in [0, 0.1) is 20.2 Å². The van der Waals surface area contributed by atoms with Crippen LogP contribution >= 0.6 is 0 Å². The fourth-order valence-electron chi connectivity index (χ4n) is 3.76. The van der Waals surface area contributed by atoms with Crippen LogP contribution in [0.3, 0.4) is 0 Å². The molecule has 0 saturated heterocycles. The van der Waals surface area contributed by atoms with Gasteiger partial charge in [-0.15, -0.1) is 0 Å². The molecule has 2 unspecified atom stereocenters. The molecule has 0 N–H and O–H groups in total. The number of benzene rings is 2. The molecule has 0 spiro atoms. The Kier molecular flexibility index (Phi) is 11.2. The number of nitrogens with zero attached hydrogens (tertiary/aromatic N) is 2. The van der Waals surface area contributed by atoms with Crippen molar-refractivity contribution in [2.75, 3.05) is 26.3 Å². The van der Waals surface area contributed by atoms with Crippen molar-refractivity contribution in [3.63, 3.8) is 0 Å². The van der Waals surface area contributed by atoms with Crippen LogP contribution in [0.25, 0.3) is 0 Å². The Morgan fingerprint density at radius 1 is 0.645 bits per heavy atom. The van der Waals surface area contributed by atoms with Crippen molar-refractivity contribution in [1.82, 2.24) is 0 Å². The minimum Gasteiger partial charge on any atom is -0.380 e. The van der Waals surface area contributed by atoms with Crippen molar-refractivity contribution >= 4 is 0 Å². The monoisotopic (exact) mass is 428 g/mol. The Morgan fingerprint density at radius 2 is 1.03 bits per heavy atom. The molecule has 0 saturated carbocycles. The molecule has 0 aliphatic rings. The third-order valence-corrected chi connectivity index (χ3v) is 5.47. The molecule has 0 radical (unpaired) electrons. The van der Waals surface area contributed by atoms with Gasteiger partial charge in [0.05, 0.1) is 13.2 Å². The second kappa shape index (κ2) is 14.2. The Balaban J connectivity index is 1.91. The van der Waals surface area contributed by atoms with Gasteiger partial charge in [-0.25, -0.2) is 0 Å². The van der Waals surface area contributed by atoms with E-state index in [1.807, 2.05) is 36.4 Å². The molecule has 2 aromatic rings. The predicted octanol–water partition coefficient (Wildman–Crippen LogP) is 5.46. The molecule has 7 heteroatoms. The van der Waals surface area contributed by atoms with Crippen LogP contribution < -0.4 is 0 Å². The summed E-state index contributed by atoms with van der Waals surface area (Å²) >= 11 is 0. The van der Waals surface area contributed by atoms with Crippen molar-refractivity contribution < 1.29 is 14.6 Å². The minimum absolute atomic E-state index is 0.00258. The van der Waals surface area contributed by atoms with Gasteiger partial charge in [0.15, 0.2) is 0 Å². The molecule has 2 rings (SSSR count). The number of rotatable bonds is 16. The lowest BCUT2D eigenvalue weighted by Gasteiger charge is -2.21. The van der Waals surface area contributed by atoms with Crippen LogP contribution in [0.2, 0.25) is 0 Å². The normalized spacial score (nSPS) is 12.9. The molecule has 0 aromatic heterocycles. The van der Waals surface area contributed by atoms with Crippen LogP contribution in [-0.2, 0) is 4.74 Å². The highest BCUT2D eigenvalue weighted by Gasteiger charge is 2.16. The lowest BCUT2D eigenvalue weighted by molar-refractivity contribution is -0.480. The van der Waals surface area contributed by atoms with E-state index in [9.17, 15) is 20.2 Å². The van der Waals surface area contributed by atoms with Crippen LogP contribution in [-0.4, -0.2) is 36.1 Å². The smallest absolute Gasteiger partial charge is 0.203 e. The standard InChI is InChI=1S/C24H32N2O5/c27-25(28)17-9-7-15-23(21-11-3-1-4-12-21)19-31-20-24(16-8-10-18-26(29)30)22-13-5-2-6-14-22/h1-6,11-14,23-24H,7-10,15-20H2. The van der Waals surface area contributed by atoms with Crippen molar-refractivity contribution in [1.29, 1.82) is 0 Å². The van der Waals surface area contributed by atoms with E-state index in [0.29, 0.717) is 26.1 Å². The molecule has 0 aliphatic heterocycles. The molecular weight excluding hydrogens is 396 g/mol. The zero-order valence-corrected chi connectivity index (χ0v) is 17.9. The zero-order chi connectivity index (χ0) is 22.3. The fourth-order valence-corrected chi connectivity index (χ4v) is 3.76. The number of unbranched alkanes of at least 4 members (excludes halogenated alkanes) is 2. The zero-order valence-electron chi connectivity index (χ0n) is 17.9. The second-order valence-electron chi connectivity index (χ2n) is 7.86. The van der Waals surface area contributed by atoms with E-state index >= 15 is 0 Å². The third-order valence-electron chi connectivity index (χ3n) is 5.47. The highest BCUT2D eigenvalue weighted by Crippen LogP contribution is 2.26. The summed E-state index contributed by atoms with van der Waals surface area (Å²) in [5, 5.41) is 21.2. The maximum absolute atomic E-state index is 10.6. The van der Waals surface area contributed by atoms with Gasteiger partial charge in [-0.05, 0) is 36.8 Å². The van der Waals surface area contributed by atoms with Crippen molar-refractivity contribution in [3.8, 4) is 0 Å². The van der Waals surface area contributed by atoms with Crippen LogP contribution in [0.5, 0.6) is 0 Å². The molecule has 0 fully saturated rings. The van der Waals surface area contributed by atoms with E-state index in [1.54, 1.807) is 0 Å². The molecule has 31 heavy (non-hydrogen) atoms. The van der Waals surface area contributed by atoms with Gasteiger partial charge in [0.2, 0.25) is 13.1 Å². The predicted molar refractivity (Wildman–Crippen MR) is 121 cm³/mol. The van der Waals surface area contributed by atoms with E-state index in [4.69, 9.17) is 4.74 Å². The topological polar surface area (TPSA) is 95.5 Å². The van der Waals surface area contributed by atoms with Crippen LogP contribution in [0.1, 0.15) is 61.5 Å². The summed E-state index contributed by atoms with van der Waals surface area (Å²) in [5.74, 6) is 0.387. The highest BCUT2D eigenvalue weighted by atomic mass is 16.6. The molecule has 0 heterocycles. The van der Waals surface area contributed by atoms with Crippen LogP contribution in [0.4, 0.5) is 0 Å². The molecule has 168 valence electrons. The lowest BCUT2D eigenvalue weighted by atomic mass is 9.93. The first kappa shape index (κ1) is 24.5. The molecule has 7 nitrogen and oxygen atoms in total. The van der Waals surface area contributed by atoms with Gasteiger partial charge in [0.25, 0.3) is 0 Å². The second-order valence-corrected chi connectivity index (χ2v) is 7.86. The first-order valence-corrected chi connectivity index (χ1v) is 11.0. The summed E-state index contributed by atoms with van der Waals surface area (Å²) in [5.41, 5.74) is 2.37. The third kappa shape index (κ3) is 10.2. The molecular formula is C24H32N2O5. The SMILES string of the molecule is O=[N+]([O-])CCCCC(COCC(CCCC[N+](=O)[O-])c1ccccc1)c1ccccc1. The van der Waals surface area contributed by atoms with E-state index in [2.05, 4.69) is 24.3 Å². The molecule has 0 bridgehead atoms. The molecule has 2 aromatic carbocycles. The summed E-state index contributed by atoms with van der Waals surface area (Å²) in [6, 6.07) is 20.3. The van der Waals surface area contributed by atoms with Crippen molar-refractivity contribution in [2.24, 2.45) is 0 Å². The number of hydrogen-bond acceptors (Lipinski definition) is 5. The maximum Gasteiger partial charge on any atom is 0.203 e. The number of hydrogen-bond donors (Lipinski definition) is 0. The van der Waals surface area contributed by atoms with E-state index in [1.165, 1.54) is 11.1 Å². The van der Waals surface area contributed by atoms with E-state index in [0.717, 1.165) is 25.7 Å². The van der Waals surface area contributed by atoms with Gasteiger partial charge in [-0.1, -0.05) is 60.7 Å². The summed E-state index contributed by atoms with van der Waals surface area (Å²) < 4.78 is 6.16. The first-order valence-electron chi connectivity index (χ1n) is 11.0. The van der Waals surface area contributed by atoms with Crippen LogP contribution in [0.15, 0.2) is 60.7 Å². The Labute approximate surface area is 183 Å². The maximum atomic E-state index is 10.6. The van der Waals surface area contributed by atoms with Crippen molar-refractivity contribution in [2.45, 2.75) is 50.4 Å². The summed E-state index contributed by atoms with van der Waals surface area (Å²) in [4.78, 5) is 20.6. The molecule has 2 atom stereocenters. The Morgan fingerprint density at radius 3 is 1.39 bits per heavy atom. The lowest BCUT2D eigenvalue weighted by Crippen LogP contribution is -2.14. The Bertz CT molecular complexity index is 705. The quantitative estimate of drug-likeness (QED) is 0.201. The molecule has 0 amide bonds. The van der Waals surface area contributed by atoms with Gasteiger partial charge in [-0.3, -0.25) is 20.2 Å². The van der Waals surface area contributed by atoms with Gasteiger partial charge >= 0.3 is 0 Å². The van der Waals surface area contributed by atoms with Gasteiger partial charge in [0.1, 0.15) is 0 Å². The first-order chi connectivity index (χ1) is 15.1. The van der Waals surface area contributed by atoms with Gasteiger partial charge < -0.3 is 4.74 Å². The largest absolute Gasteiger partial charge is 0.380 e. The summed E-state index contributed by atoms with van der Waals surface area (Å²) in [7, 11) is 0. The van der Waals surface area contributed by atoms with Gasteiger partial charge in [-0.2, -0.15) is 0 Å². The number of nitro groups is 2. The van der Waals surface area contributed by atoms with Gasteiger partial charge in [0, 0.05) is 34.5 Å². The van der Waals surface area contributed by atoms with E-state index < -0.39 is 0 Å². The average Bonchev–Trinajstić information content (AvgIpc) is 2.77. The molecule has 0 aliphatic carbocycles. The Hall–Kier alpha value is -2.80. The van der Waals surface area contributed by atoms with E-state index in [-0.39, 0.29) is 34.8 Å². The minimum atomic E-state index is -0.266. The summed E-state index contributed by atoms with van der Waals surface area (Å²) in [6.45, 7) is 1.12. The summed E-state index contributed by atoms with van der Waals surface area (Å²) in [6.07, 6.45) is 4.39. The average molecular weight is 429 g/mol.